The number of sulfonamides is 1. The first-order valence-corrected chi connectivity index (χ1v) is 12.1. The van der Waals surface area contributed by atoms with Crippen molar-refractivity contribution in [3.05, 3.63) is 70.2 Å². The molecule has 1 amide bonds. The van der Waals surface area contributed by atoms with Gasteiger partial charge in [-0.2, -0.15) is 0 Å². The van der Waals surface area contributed by atoms with Gasteiger partial charge in [0, 0.05) is 25.0 Å². The van der Waals surface area contributed by atoms with Crippen LogP contribution in [0.25, 0.3) is 0 Å². The van der Waals surface area contributed by atoms with Crippen molar-refractivity contribution in [3.8, 4) is 0 Å². The van der Waals surface area contributed by atoms with E-state index in [1.165, 1.54) is 4.31 Å². The molecule has 0 saturated carbocycles. The second-order valence-electron chi connectivity index (χ2n) is 7.76. The number of piperidine rings is 1. The molecular weight excluding hydrogens is 446 g/mol. The number of benzene rings is 2. The Balaban J connectivity index is 1.82. The van der Waals surface area contributed by atoms with Gasteiger partial charge in [0.05, 0.1) is 16.3 Å². The maximum absolute atomic E-state index is 14.1. The van der Waals surface area contributed by atoms with Crippen molar-refractivity contribution in [2.75, 3.05) is 25.4 Å². The summed E-state index contributed by atoms with van der Waals surface area (Å²) in [6, 6.07) is 11.2. The van der Waals surface area contributed by atoms with Crippen LogP contribution >= 0.6 is 11.6 Å². The molecule has 0 atom stereocenters. The van der Waals surface area contributed by atoms with E-state index in [1.807, 2.05) is 37.3 Å². The fourth-order valence-electron chi connectivity index (χ4n) is 4.01. The van der Waals surface area contributed by atoms with Gasteiger partial charge in [-0.1, -0.05) is 48.9 Å². The predicted octanol–water partition coefficient (Wildman–Crippen LogP) is 4.12. The molecule has 1 heterocycles. The summed E-state index contributed by atoms with van der Waals surface area (Å²) in [6.45, 7) is 2.61. The van der Waals surface area contributed by atoms with Gasteiger partial charge in [0.15, 0.2) is 0 Å². The fourth-order valence-corrected chi connectivity index (χ4v) is 5.76. The molecule has 0 radical (unpaired) electrons. The highest BCUT2D eigenvalue weighted by Gasteiger charge is 2.39. The van der Waals surface area contributed by atoms with Crippen molar-refractivity contribution < 1.29 is 22.0 Å². The molecule has 1 N–H and O–H groups in total. The number of halogens is 3. The number of nitrogens with zero attached hydrogens (tertiary/aromatic N) is 1. The number of rotatable bonds is 7. The lowest BCUT2D eigenvalue weighted by Crippen LogP contribution is -2.50. The van der Waals surface area contributed by atoms with Crippen LogP contribution in [0, 0.1) is 11.6 Å². The van der Waals surface area contributed by atoms with Gasteiger partial charge in [0.1, 0.15) is 11.6 Å². The fraction of sp³-hybridized carbons (Fsp3) is 0.409. The zero-order valence-electron chi connectivity index (χ0n) is 17.2. The molecule has 2 aromatic rings. The van der Waals surface area contributed by atoms with Crippen molar-refractivity contribution in [2.45, 2.75) is 31.6 Å². The Morgan fingerprint density at radius 1 is 1.10 bits per heavy atom. The molecule has 168 valence electrons. The van der Waals surface area contributed by atoms with Crippen LogP contribution in [0.2, 0.25) is 5.02 Å². The van der Waals surface area contributed by atoms with Crippen molar-refractivity contribution in [1.29, 1.82) is 0 Å². The molecule has 1 saturated heterocycles. The Bertz CT molecular complexity index is 1040. The molecule has 5 nitrogen and oxygen atoms in total. The first-order valence-electron chi connectivity index (χ1n) is 10.2. The highest BCUT2D eigenvalue weighted by Crippen LogP contribution is 2.36. The third kappa shape index (κ3) is 5.07. The van der Waals surface area contributed by atoms with Gasteiger partial charge in [-0.3, -0.25) is 4.79 Å². The van der Waals surface area contributed by atoms with Gasteiger partial charge >= 0.3 is 0 Å². The summed E-state index contributed by atoms with van der Waals surface area (Å²) >= 11 is 5.82. The second-order valence-corrected chi connectivity index (χ2v) is 10.2. The van der Waals surface area contributed by atoms with E-state index >= 15 is 0 Å². The zero-order valence-corrected chi connectivity index (χ0v) is 18.8. The number of nitrogens with one attached hydrogen (secondary N) is 1. The minimum Gasteiger partial charge on any atom is -0.351 e. The Morgan fingerprint density at radius 3 is 2.32 bits per heavy atom. The summed E-state index contributed by atoms with van der Waals surface area (Å²) in [4.78, 5) is 12.7. The normalized spacial score (nSPS) is 16.8. The van der Waals surface area contributed by atoms with Crippen LogP contribution < -0.4 is 5.32 Å². The SMILES string of the molecule is CCCS(=O)(=O)N1CCC(CNC(=O)c2c(F)ccc(F)c2Cl)(c2ccccc2)CC1. The number of amides is 1. The average molecular weight is 471 g/mol. The Labute approximate surface area is 186 Å². The molecule has 0 spiro atoms. The molecule has 1 fully saturated rings. The van der Waals surface area contributed by atoms with Crippen LogP contribution in [0.15, 0.2) is 42.5 Å². The Kier molecular flexibility index (Phi) is 7.34. The topological polar surface area (TPSA) is 66.5 Å². The third-order valence-corrected chi connectivity index (χ3v) is 8.23. The molecular formula is C22H25ClF2N2O3S. The minimum absolute atomic E-state index is 0.0966. The van der Waals surface area contributed by atoms with Crippen LogP contribution in [-0.4, -0.2) is 44.0 Å². The van der Waals surface area contributed by atoms with Gasteiger partial charge in [0.25, 0.3) is 5.91 Å². The molecule has 9 heteroatoms. The standard InChI is InChI=1S/C22H25ClF2N2O3S/c1-2-14-31(29,30)27-12-10-22(11-13-27,16-6-4-3-5-7-16)15-26-21(28)19-17(24)8-9-18(25)20(19)23/h3-9H,2,10-15H2,1H3,(H,26,28). The van der Waals surface area contributed by atoms with E-state index in [4.69, 9.17) is 11.6 Å². The molecule has 2 aromatic carbocycles. The maximum Gasteiger partial charge on any atom is 0.255 e. The van der Waals surface area contributed by atoms with E-state index in [0.717, 1.165) is 17.7 Å². The number of hydrogen-bond acceptors (Lipinski definition) is 3. The summed E-state index contributed by atoms with van der Waals surface area (Å²) < 4.78 is 54.3. The number of carbonyl (C=O) groups is 1. The lowest BCUT2D eigenvalue weighted by atomic mass is 9.73. The molecule has 31 heavy (non-hydrogen) atoms. The van der Waals surface area contributed by atoms with E-state index in [-0.39, 0.29) is 12.3 Å². The van der Waals surface area contributed by atoms with Crippen LogP contribution in [0.4, 0.5) is 8.78 Å². The van der Waals surface area contributed by atoms with Gasteiger partial charge < -0.3 is 5.32 Å². The van der Waals surface area contributed by atoms with Gasteiger partial charge in [-0.05, 0) is 37.0 Å². The number of hydrogen-bond donors (Lipinski definition) is 1. The highest BCUT2D eigenvalue weighted by atomic mass is 35.5. The Hall–Kier alpha value is -2.03. The van der Waals surface area contributed by atoms with Crippen molar-refractivity contribution in [1.82, 2.24) is 9.62 Å². The van der Waals surface area contributed by atoms with E-state index in [9.17, 15) is 22.0 Å². The van der Waals surface area contributed by atoms with Crippen molar-refractivity contribution in [2.24, 2.45) is 0 Å². The Morgan fingerprint density at radius 2 is 1.71 bits per heavy atom. The van der Waals surface area contributed by atoms with Gasteiger partial charge in [-0.25, -0.2) is 21.5 Å². The molecule has 0 aliphatic carbocycles. The van der Waals surface area contributed by atoms with Crippen LogP contribution in [0.1, 0.15) is 42.1 Å². The minimum atomic E-state index is -3.32. The molecule has 3 rings (SSSR count). The zero-order chi connectivity index (χ0) is 22.6. The van der Waals surface area contributed by atoms with E-state index in [0.29, 0.717) is 32.4 Å². The predicted molar refractivity (Wildman–Crippen MR) is 117 cm³/mol. The molecule has 0 unspecified atom stereocenters. The maximum atomic E-state index is 14.1. The molecule has 0 aromatic heterocycles. The highest BCUT2D eigenvalue weighted by molar-refractivity contribution is 7.89. The van der Waals surface area contributed by atoms with Crippen LogP contribution in [0.5, 0.6) is 0 Å². The summed E-state index contributed by atoms with van der Waals surface area (Å²) in [5.41, 5.74) is -0.118. The van der Waals surface area contributed by atoms with Crippen LogP contribution in [0.3, 0.4) is 0 Å². The lowest BCUT2D eigenvalue weighted by molar-refractivity contribution is 0.0928. The largest absolute Gasteiger partial charge is 0.351 e. The quantitative estimate of drug-likeness (QED) is 0.619. The summed E-state index contributed by atoms with van der Waals surface area (Å²) in [7, 11) is -3.32. The molecule has 0 bridgehead atoms. The van der Waals surface area contributed by atoms with Gasteiger partial charge in [0.2, 0.25) is 10.0 Å². The van der Waals surface area contributed by atoms with Crippen LogP contribution in [-0.2, 0) is 15.4 Å². The summed E-state index contributed by atoms with van der Waals surface area (Å²) in [5.74, 6) is -2.49. The van der Waals surface area contributed by atoms with E-state index in [2.05, 4.69) is 5.32 Å². The van der Waals surface area contributed by atoms with E-state index in [1.54, 1.807) is 0 Å². The molecule has 1 aliphatic heterocycles. The second kappa shape index (κ2) is 9.63. The first-order chi connectivity index (χ1) is 14.7. The third-order valence-electron chi connectivity index (χ3n) is 5.78. The number of carbonyl (C=O) groups excluding carboxylic acids is 1. The van der Waals surface area contributed by atoms with Crippen molar-refractivity contribution >= 4 is 27.5 Å². The average Bonchev–Trinajstić information content (AvgIpc) is 2.76. The lowest BCUT2D eigenvalue weighted by Gasteiger charge is -2.42. The summed E-state index contributed by atoms with van der Waals surface area (Å²) in [5, 5.41) is 2.13. The summed E-state index contributed by atoms with van der Waals surface area (Å²) in [6.07, 6.45) is 1.51. The molecule has 1 aliphatic rings. The van der Waals surface area contributed by atoms with Gasteiger partial charge in [-0.15, -0.1) is 0 Å². The monoisotopic (exact) mass is 470 g/mol. The van der Waals surface area contributed by atoms with E-state index < -0.39 is 43.6 Å². The van der Waals surface area contributed by atoms with Crippen molar-refractivity contribution in [3.63, 3.8) is 0 Å². The first kappa shape index (κ1) is 23.6. The smallest absolute Gasteiger partial charge is 0.255 e.